The van der Waals surface area contributed by atoms with Crippen molar-refractivity contribution in [1.29, 1.82) is 0 Å². The van der Waals surface area contributed by atoms with E-state index in [4.69, 9.17) is 18.0 Å². The number of halogens is 1. The summed E-state index contributed by atoms with van der Waals surface area (Å²) in [5, 5.41) is 11.7. The van der Waals surface area contributed by atoms with E-state index in [1.807, 2.05) is 32.9 Å². The van der Waals surface area contributed by atoms with Crippen LogP contribution in [-0.4, -0.2) is 40.3 Å². The fourth-order valence-electron chi connectivity index (χ4n) is 5.77. The molecule has 44 heavy (non-hydrogen) atoms. The molecule has 0 aliphatic rings. The molecule has 1 N–H and O–H groups in total. The Morgan fingerprint density at radius 1 is 0.636 bits per heavy atom. The molecule has 4 aromatic carbocycles. The Kier molecular flexibility index (Phi) is 11.5. The molecule has 0 saturated heterocycles. The van der Waals surface area contributed by atoms with Gasteiger partial charge in [0.05, 0.1) is 0 Å². The van der Waals surface area contributed by atoms with Crippen molar-refractivity contribution < 1.29 is 23.1 Å². The van der Waals surface area contributed by atoms with Crippen LogP contribution in [0.1, 0.15) is 43.9 Å². The summed E-state index contributed by atoms with van der Waals surface area (Å²) in [6.45, 7) is 14.3. The number of rotatable bonds is 15. The zero-order valence-electron chi connectivity index (χ0n) is 26.8. The first-order chi connectivity index (χ1) is 21.1. The first-order valence-electron chi connectivity index (χ1n) is 15.4. The van der Waals surface area contributed by atoms with Gasteiger partial charge in [-0.15, -0.1) is 0 Å². The van der Waals surface area contributed by atoms with Crippen LogP contribution in [-0.2, 0) is 13.3 Å². The molecule has 0 spiro atoms. The van der Waals surface area contributed by atoms with E-state index in [2.05, 4.69) is 109 Å². The Morgan fingerprint density at radius 2 is 1.05 bits per heavy atom. The maximum atomic E-state index is 11.0. The van der Waals surface area contributed by atoms with Crippen LogP contribution >= 0.6 is 20.8 Å². The molecule has 0 unspecified atom stereocenters. The van der Waals surface area contributed by atoms with Gasteiger partial charge in [-0.3, -0.25) is 0 Å². The number of ether oxygens (including phenoxy) is 1. The van der Waals surface area contributed by atoms with Gasteiger partial charge in [0.15, 0.2) is 0 Å². The van der Waals surface area contributed by atoms with Crippen LogP contribution in [0.15, 0.2) is 91.0 Å². The van der Waals surface area contributed by atoms with Crippen LogP contribution in [0.2, 0.25) is 6.04 Å². The number of benzene rings is 4. The van der Waals surface area contributed by atoms with Crippen molar-refractivity contribution in [1.82, 2.24) is 0 Å². The van der Waals surface area contributed by atoms with Crippen molar-refractivity contribution in [2.45, 2.75) is 54.0 Å². The van der Waals surface area contributed by atoms with Gasteiger partial charge in [-0.2, -0.15) is 0 Å². The summed E-state index contributed by atoms with van der Waals surface area (Å²) >= 11 is 4.57. The van der Waals surface area contributed by atoms with E-state index in [0.29, 0.717) is 38.9 Å². The van der Waals surface area contributed by atoms with Gasteiger partial charge < -0.3 is 0 Å². The molecule has 0 bridgehead atoms. The van der Waals surface area contributed by atoms with Gasteiger partial charge in [0.1, 0.15) is 0 Å². The summed E-state index contributed by atoms with van der Waals surface area (Å²) in [5.41, 5.74) is 3.53. The molecular formula is C36H46BrO5PSi. The third kappa shape index (κ3) is 6.84. The zero-order chi connectivity index (χ0) is 31.8. The quantitative estimate of drug-likeness (QED) is 0.0788. The monoisotopic (exact) mass is 696 g/mol. The van der Waals surface area contributed by atoms with Gasteiger partial charge in [-0.1, -0.05) is 0 Å². The molecule has 0 aliphatic heterocycles. The molecule has 0 heterocycles. The second-order valence-corrected chi connectivity index (χ2v) is 22.1. The Bertz CT molecular complexity index is 1380. The molecule has 4 rings (SSSR count). The van der Waals surface area contributed by atoms with Gasteiger partial charge >= 0.3 is 274 Å². The number of hydrogen-bond donors (Lipinski definition) is 1. The van der Waals surface area contributed by atoms with Crippen molar-refractivity contribution in [2.24, 2.45) is 0 Å². The van der Waals surface area contributed by atoms with Crippen molar-refractivity contribution in [3.8, 4) is 11.5 Å². The van der Waals surface area contributed by atoms with E-state index in [1.54, 1.807) is 6.07 Å². The van der Waals surface area contributed by atoms with E-state index in [9.17, 15) is 5.11 Å². The Morgan fingerprint density at radius 3 is 1.43 bits per heavy atom. The molecule has 0 amide bonds. The third-order valence-corrected chi connectivity index (χ3v) is 21.0. The normalized spacial score (nSPS) is 12.9. The average Bonchev–Trinajstić information content (AvgIpc) is 3.01. The topological polar surface area (TPSA) is 57.2 Å². The van der Waals surface area contributed by atoms with Crippen molar-refractivity contribution in [3.63, 3.8) is 0 Å². The van der Waals surface area contributed by atoms with Crippen LogP contribution in [0, 0.1) is 20.8 Å². The predicted molar refractivity (Wildman–Crippen MR) is 192 cm³/mol. The molecule has 236 valence electrons. The summed E-state index contributed by atoms with van der Waals surface area (Å²) < 4.78 is 24.9. The van der Waals surface area contributed by atoms with Gasteiger partial charge in [0.2, 0.25) is 0 Å². The molecular weight excluding hydrogens is 651 g/mol. The molecule has 8 heteroatoms. The van der Waals surface area contributed by atoms with E-state index in [0.717, 1.165) is 27.0 Å². The van der Waals surface area contributed by atoms with Gasteiger partial charge in [0.25, 0.3) is 0 Å². The minimum absolute atomic E-state index is 0.183. The second-order valence-electron chi connectivity index (χ2n) is 11.1. The van der Waals surface area contributed by atoms with Gasteiger partial charge in [-0.05, 0) is 0 Å². The van der Waals surface area contributed by atoms with Crippen LogP contribution in [0.25, 0.3) is 0 Å². The van der Waals surface area contributed by atoms with Crippen LogP contribution < -0.4 is 26.0 Å². The van der Waals surface area contributed by atoms with E-state index in [1.165, 1.54) is 16.7 Å². The zero-order valence-corrected chi connectivity index (χ0v) is 30.3. The molecule has 0 saturated carbocycles. The predicted octanol–water partition coefficient (Wildman–Crippen LogP) is 7.60. The van der Waals surface area contributed by atoms with Gasteiger partial charge in [-0.25, -0.2) is 0 Å². The third-order valence-electron chi connectivity index (χ3n) is 7.93. The molecule has 0 aromatic heterocycles. The first-order valence-corrected chi connectivity index (χ1v) is 21.6. The Labute approximate surface area is 272 Å². The molecule has 0 atom stereocenters. The van der Waals surface area contributed by atoms with Crippen LogP contribution in [0.3, 0.4) is 0 Å². The minimum atomic E-state index is -3.65. The standard InChI is InChI=1S/C36H46BrO5PSi/c1-7-40-44(41-8-2,42-9-3)26-10-25-39-35-24-17-31(38)27-36(35)43(37,32-18-11-28(4)12-19-32,33-20-13-29(5)14-21-33)34-22-15-30(6)16-23-34/h11-24,27,38H,7-10,25-26H2,1-6H3. The Balaban J connectivity index is 1.90. The molecule has 4 aromatic rings. The number of phenolic OH excluding ortho intramolecular Hbond substituents is 1. The van der Waals surface area contributed by atoms with Crippen molar-refractivity contribution in [2.75, 3.05) is 26.4 Å². The molecule has 0 radical (unpaired) electrons. The summed E-state index contributed by atoms with van der Waals surface area (Å²) in [4.78, 5) is 0. The average molecular weight is 698 g/mol. The van der Waals surface area contributed by atoms with Crippen molar-refractivity contribution in [3.05, 3.63) is 108 Å². The van der Waals surface area contributed by atoms with E-state index >= 15 is 0 Å². The van der Waals surface area contributed by atoms with Crippen LogP contribution in [0.5, 0.6) is 11.5 Å². The number of phenols is 1. The number of aromatic hydroxyl groups is 1. The molecule has 0 fully saturated rings. The fourth-order valence-corrected chi connectivity index (χ4v) is 16.1. The maximum absolute atomic E-state index is 11.0. The summed E-state index contributed by atoms with van der Waals surface area (Å²) in [6, 6.07) is 32.3. The summed E-state index contributed by atoms with van der Waals surface area (Å²) in [7, 11) is -2.80. The molecule has 5 nitrogen and oxygen atoms in total. The van der Waals surface area contributed by atoms with E-state index in [-0.39, 0.29) is 5.75 Å². The SMILES string of the molecule is CCO[Si](CCCOc1ccc(O)cc1P(Br)(c1ccc(C)cc1)(c1ccc(C)cc1)c1ccc(C)cc1)(OCC)OCC. The Hall–Kier alpha value is -2.51. The van der Waals surface area contributed by atoms with E-state index < -0.39 is 14.1 Å². The number of hydrogen-bond acceptors (Lipinski definition) is 5. The van der Waals surface area contributed by atoms with Gasteiger partial charge in [0, 0.05) is 0 Å². The second kappa shape index (κ2) is 14.7. The summed E-state index contributed by atoms with van der Waals surface area (Å²) in [6.07, 6.45) is 0.699. The number of aryl methyl sites for hydroxylation is 3. The van der Waals surface area contributed by atoms with Crippen molar-refractivity contribution >= 4 is 50.8 Å². The fraction of sp³-hybridized carbons (Fsp3) is 0.333. The summed E-state index contributed by atoms with van der Waals surface area (Å²) in [5.74, 6) is 0.901. The molecule has 0 aliphatic carbocycles. The van der Waals surface area contributed by atoms with Crippen LogP contribution in [0.4, 0.5) is 0 Å². The first kappa shape index (κ1) is 34.4.